The van der Waals surface area contributed by atoms with Gasteiger partial charge in [0.2, 0.25) is 0 Å². The zero-order chi connectivity index (χ0) is 15.4. The Kier molecular flexibility index (Phi) is 3.88. The lowest BCUT2D eigenvalue weighted by Gasteiger charge is -2.25. The van der Waals surface area contributed by atoms with Crippen molar-refractivity contribution in [2.24, 2.45) is 0 Å². The molecule has 2 aromatic carbocycles. The molecule has 0 bridgehead atoms. The molecule has 0 saturated heterocycles. The van der Waals surface area contributed by atoms with E-state index in [0.29, 0.717) is 12.1 Å². The first-order chi connectivity index (χ1) is 10.8. The third kappa shape index (κ3) is 2.99. The summed E-state index contributed by atoms with van der Waals surface area (Å²) >= 11 is 0. The lowest BCUT2D eigenvalue weighted by atomic mass is 9.95. The summed E-state index contributed by atoms with van der Waals surface area (Å²) < 4.78 is 1.83. The highest BCUT2D eigenvalue weighted by Crippen LogP contribution is 2.18. The molecule has 3 aromatic rings. The SMILES string of the molecule is Bc1ccc(CN(c2ccc(C#N)cc2)n2cnnc2)cc1. The summed E-state index contributed by atoms with van der Waals surface area (Å²) in [6.07, 6.45) is 3.32. The van der Waals surface area contributed by atoms with Gasteiger partial charge in [-0.15, -0.1) is 10.2 Å². The highest BCUT2D eigenvalue weighted by atomic mass is 15.6. The maximum absolute atomic E-state index is 8.92. The van der Waals surface area contributed by atoms with Gasteiger partial charge in [0.1, 0.15) is 20.5 Å². The molecule has 22 heavy (non-hydrogen) atoms. The second-order valence-electron chi connectivity index (χ2n) is 5.04. The topological polar surface area (TPSA) is 57.7 Å². The van der Waals surface area contributed by atoms with E-state index in [-0.39, 0.29) is 0 Å². The Morgan fingerprint density at radius 2 is 1.64 bits per heavy atom. The Bertz CT molecular complexity index is 773. The van der Waals surface area contributed by atoms with Gasteiger partial charge in [0.15, 0.2) is 0 Å². The maximum Gasteiger partial charge on any atom is 0.139 e. The summed E-state index contributed by atoms with van der Waals surface area (Å²) in [4.78, 5) is 0. The summed E-state index contributed by atoms with van der Waals surface area (Å²) in [5.41, 5.74) is 4.03. The molecule has 0 unspecified atom stereocenters. The summed E-state index contributed by atoms with van der Waals surface area (Å²) in [5, 5.41) is 18.7. The highest BCUT2D eigenvalue weighted by Gasteiger charge is 2.10. The van der Waals surface area contributed by atoms with E-state index in [1.165, 1.54) is 11.0 Å². The number of nitrogens with zero attached hydrogens (tertiary/aromatic N) is 5. The first-order valence-corrected chi connectivity index (χ1v) is 6.94. The van der Waals surface area contributed by atoms with Gasteiger partial charge in [-0.1, -0.05) is 29.7 Å². The molecule has 1 aromatic heterocycles. The van der Waals surface area contributed by atoms with Gasteiger partial charge in [0.25, 0.3) is 0 Å². The number of anilines is 1. The number of nitriles is 1. The van der Waals surface area contributed by atoms with Crippen molar-refractivity contribution in [3.8, 4) is 6.07 Å². The fourth-order valence-electron chi connectivity index (χ4n) is 2.20. The molecule has 0 amide bonds. The minimum absolute atomic E-state index is 0.641. The Hall–Kier alpha value is -3.07. The van der Waals surface area contributed by atoms with Crippen molar-refractivity contribution in [3.05, 3.63) is 72.3 Å². The van der Waals surface area contributed by atoms with Crippen molar-refractivity contribution in [1.82, 2.24) is 14.9 Å². The molecule has 0 aliphatic heterocycles. The number of hydrogen-bond acceptors (Lipinski definition) is 4. The van der Waals surface area contributed by atoms with E-state index in [2.05, 4.69) is 48.4 Å². The molecule has 1 heterocycles. The molecular weight excluding hydrogens is 273 g/mol. The van der Waals surface area contributed by atoms with E-state index in [4.69, 9.17) is 5.26 Å². The van der Waals surface area contributed by atoms with Gasteiger partial charge in [0.05, 0.1) is 23.9 Å². The number of benzene rings is 2. The molecule has 0 radical (unpaired) electrons. The zero-order valence-corrected chi connectivity index (χ0v) is 12.2. The average molecular weight is 287 g/mol. The lowest BCUT2D eigenvalue weighted by molar-refractivity contribution is 0.686. The van der Waals surface area contributed by atoms with Crippen LogP contribution in [0.1, 0.15) is 11.1 Å². The fourth-order valence-corrected chi connectivity index (χ4v) is 2.20. The van der Waals surface area contributed by atoms with E-state index in [0.717, 1.165) is 5.69 Å². The second-order valence-corrected chi connectivity index (χ2v) is 5.04. The smallest absolute Gasteiger partial charge is 0.139 e. The quantitative estimate of drug-likeness (QED) is 0.668. The molecule has 0 N–H and O–H groups in total. The van der Waals surface area contributed by atoms with Crippen LogP contribution in [0.15, 0.2) is 61.2 Å². The number of hydrogen-bond donors (Lipinski definition) is 0. The molecule has 0 aliphatic rings. The van der Waals surface area contributed by atoms with Crippen LogP contribution in [-0.2, 0) is 6.54 Å². The van der Waals surface area contributed by atoms with Crippen LogP contribution in [0.4, 0.5) is 5.69 Å². The molecule has 5 nitrogen and oxygen atoms in total. The monoisotopic (exact) mass is 287 g/mol. The fraction of sp³-hybridized carbons (Fsp3) is 0.0625. The van der Waals surface area contributed by atoms with Crippen LogP contribution in [0, 0.1) is 11.3 Å². The second kappa shape index (κ2) is 6.14. The lowest BCUT2D eigenvalue weighted by Crippen LogP contribution is -2.28. The summed E-state index contributed by atoms with van der Waals surface area (Å²) in [6, 6.07) is 18.0. The summed E-state index contributed by atoms with van der Waals surface area (Å²) in [6.45, 7) is 0.685. The van der Waals surface area contributed by atoms with Crippen molar-refractivity contribution in [3.63, 3.8) is 0 Å². The predicted octanol–water partition coefficient (Wildman–Crippen LogP) is 0.878. The largest absolute Gasteiger partial charge is 0.274 e. The Labute approximate surface area is 129 Å². The van der Waals surface area contributed by atoms with E-state index >= 15 is 0 Å². The molecule has 3 rings (SSSR count). The van der Waals surface area contributed by atoms with Gasteiger partial charge in [0, 0.05) is 0 Å². The summed E-state index contributed by atoms with van der Waals surface area (Å²) in [7, 11) is 2.07. The van der Waals surface area contributed by atoms with Crippen molar-refractivity contribution in [2.45, 2.75) is 6.54 Å². The number of aromatic nitrogens is 3. The van der Waals surface area contributed by atoms with Crippen LogP contribution < -0.4 is 10.5 Å². The molecule has 6 heteroatoms. The Morgan fingerprint density at radius 3 is 2.23 bits per heavy atom. The summed E-state index contributed by atoms with van der Waals surface area (Å²) in [5.74, 6) is 0. The Balaban J connectivity index is 1.93. The highest BCUT2D eigenvalue weighted by molar-refractivity contribution is 6.32. The molecule has 106 valence electrons. The molecule has 0 fully saturated rings. The minimum Gasteiger partial charge on any atom is -0.274 e. The van der Waals surface area contributed by atoms with Crippen molar-refractivity contribution < 1.29 is 0 Å². The van der Waals surface area contributed by atoms with E-state index in [9.17, 15) is 0 Å². The molecule has 0 spiro atoms. The van der Waals surface area contributed by atoms with E-state index < -0.39 is 0 Å². The standard InChI is InChI=1S/C16H14BN5/c17-15-5-1-14(2-6-15)10-22(21-11-19-20-12-21)16-7-3-13(9-18)4-8-16/h1-8,11-12H,10,17H2. The van der Waals surface area contributed by atoms with Gasteiger partial charge >= 0.3 is 0 Å². The van der Waals surface area contributed by atoms with Gasteiger partial charge in [-0.25, -0.2) is 4.68 Å². The van der Waals surface area contributed by atoms with Crippen LogP contribution in [-0.4, -0.2) is 22.7 Å². The molecule has 0 saturated carbocycles. The average Bonchev–Trinajstić information content (AvgIpc) is 3.09. The maximum atomic E-state index is 8.92. The van der Waals surface area contributed by atoms with Gasteiger partial charge in [-0.3, -0.25) is 5.01 Å². The molecular formula is C16H14BN5. The van der Waals surface area contributed by atoms with Crippen LogP contribution in [0.5, 0.6) is 0 Å². The van der Waals surface area contributed by atoms with Crippen LogP contribution in [0.2, 0.25) is 0 Å². The Morgan fingerprint density at radius 1 is 1.00 bits per heavy atom. The van der Waals surface area contributed by atoms with Crippen LogP contribution in [0.25, 0.3) is 0 Å². The van der Waals surface area contributed by atoms with Crippen molar-refractivity contribution in [2.75, 3.05) is 5.01 Å². The van der Waals surface area contributed by atoms with Crippen LogP contribution >= 0.6 is 0 Å². The predicted molar refractivity (Wildman–Crippen MR) is 87.4 cm³/mol. The third-order valence-electron chi connectivity index (χ3n) is 3.43. The van der Waals surface area contributed by atoms with E-state index in [1.54, 1.807) is 12.7 Å². The van der Waals surface area contributed by atoms with Gasteiger partial charge in [-0.05, 0) is 29.8 Å². The first-order valence-electron chi connectivity index (χ1n) is 6.94. The van der Waals surface area contributed by atoms with Gasteiger partial charge < -0.3 is 0 Å². The molecule has 0 atom stereocenters. The van der Waals surface area contributed by atoms with Gasteiger partial charge in [-0.2, -0.15) is 5.26 Å². The third-order valence-corrected chi connectivity index (χ3v) is 3.43. The van der Waals surface area contributed by atoms with Crippen LogP contribution in [0.3, 0.4) is 0 Å². The van der Waals surface area contributed by atoms with Crippen molar-refractivity contribution >= 4 is 19.0 Å². The zero-order valence-electron chi connectivity index (χ0n) is 12.2. The normalized spacial score (nSPS) is 10.1. The van der Waals surface area contributed by atoms with E-state index in [1.807, 2.05) is 34.0 Å². The van der Waals surface area contributed by atoms with Crippen molar-refractivity contribution in [1.29, 1.82) is 5.26 Å². The first kappa shape index (κ1) is 13.9. The minimum atomic E-state index is 0.641. The number of rotatable bonds is 4. The molecule has 0 aliphatic carbocycles.